The second-order valence-corrected chi connectivity index (χ2v) is 11.9. The highest BCUT2D eigenvalue weighted by molar-refractivity contribution is 9.10. The molecule has 1 aliphatic carbocycles. The first-order chi connectivity index (χ1) is 15.4. The number of benzene rings is 1. The van der Waals surface area contributed by atoms with E-state index in [-0.39, 0.29) is 18.8 Å². The van der Waals surface area contributed by atoms with Crippen molar-refractivity contribution in [1.82, 2.24) is 5.32 Å². The van der Waals surface area contributed by atoms with Gasteiger partial charge in [-0.3, -0.25) is 0 Å². The van der Waals surface area contributed by atoms with Gasteiger partial charge in [0.2, 0.25) is 0 Å². The quantitative estimate of drug-likeness (QED) is 0.466. The van der Waals surface area contributed by atoms with E-state index in [2.05, 4.69) is 42.0 Å². The summed E-state index contributed by atoms with van der Waals surface area (Å²) in [5.41, 5.74) is -1.02. The molecule has 3 rings (SSSR count). The van der Waals surface area contributed by atoms with E-state index in [4.69, 9.17) is 14.2 Å². The molecule has 0 bridgehead atoms. The Balaban J connectivity index is 1.82. The number of rotatable bonds is 5. The van der Waals surface area contributed by atoms with Crippen LogP contribution in [0.25, 0.3) is 0 Å². The van der Waals surface area contributed by atoms with E-state index in [9.17, 15) is 9.59 Å². The molecule has 1 aromatic rings. The van der Waals surface area contributed by atoms with E-state index >= 15 is 0 Å². The highest BCUT2D eigenvalue weighted by atomic mass is 79.9. The van der Waals surface area contributed by atoms with Crippen molar-refractivity contribution in [3.8, 4) is 0 Å². The maximum Gasteiger partial charge on any atom is 0.408 e. The fourth-order valence-corrected chi connectivity index (χ4v) is 5.11. The van der Waals surface area contributed by atoms with Gasteiger partial charge >= 0.3 is 12.1 Å². The minimum atomic E-state index is -1.29. The lowest BCUT2D eigenvalue weighted by molar-refractivity contribution is -0.164. The Hall–Kier alpha value is -1.60. The number of amides is 1. The van der Waals surface area contributed by atoms with Crippen molar-refractivity contribution < 1.29 is 23.8 Å². The zero-order valence-corrected chi connectivity index (χ0v) is 22.2. The van der Waals surface area contributed by atoms with Crippen LogP contribution in [0.4, 0.5) is 4.79 Å². The number of esters is 1. The summed E-state index contributed by atoms with van der Waals surface area (Å²) in [6, 6.07) is 7.80. The average molecular weight is 524 g/mol. The van der Waals surface area contributed by atoms with Crippen LogP contribution >= 0.6 is 15.9 Å². The molecule has 1 saturated carbocycles. The third kappa shape index (κ3) is 6.72. The van der Waals surface area contributed by atoms with Crippen LogP contribution in [0.1, 0.15) is 78.9 Å². The minimum Gasteiger partial charge on any atom is -0.460 e. The number of ether oxygens (including phenoxy) is 3. The van der Waals surface area contributed by atoms with E-state index < -0.39 is 23.2 Å². The molecule has 0 aromatic heterocycles. The van der Waals surface area contributed by atoms with Crippen LogP contribution in [0.3, 0.4) is 0 Å². The van der Waals surface area contributed by atoms with Crippen LogP contribution < -0.4 is 5.32 Å². The van der Waals surface area contributed by atoms with Crippen LogP contribution in [0.5, 0.6) is 0 Å². The smallest absolute Gasteiger partial charge is 0.408 e. The van der Waals surface area contributed by atoms with Gasteiger partial charge in [0, 0.05) is 10.9 Å². The summed E-state index contributed by atoms with van der Waals surface area (Å²) in [7, 11) is 0. The van der Waals surface area contributed by atoms with Crippen molar-refractivity contribution in [2.45, 2.75) is 90.6 Å². The van der Waals surface area contributed by atoms with E-state index in [0.717, 1.165) is 29.3 Å². The van der Waals surface area contributed by atoms with Gasteiger partial charge in [0.1, 0.15) is 11.7 Å². The Morgan fingerprint density at radius 2 is 1.85 bits per heavy atom. The van der Waals surface area contributed by atoms with Crippen LogP contribution in [0.2, 0.25) is 0 Å². The van der Waals surface area contributed by atoms with E-state index in [1.165, 1.54) is 0 Å². The molecule has 7 heteroatoms. The first-order valence-electron chi connectivity index (χ1n) is 12.0. The minimum absolute atomic E-state index is 0.0421. The summed E-state index contributed by atoms with van der Waals surface area (Å²) in [5.74, 6) is 0.800. The molecular weight excluding hydrogens is 486 g/mol. The molecule has 5 atom stereocenters. The van der Waals surface area contributed by atoms with E-state index in [0.29, 0.717) is 24.2 Å². The summed E-state index contributed by atoms with van der Waals surface area (Å²) < 4.78 is 18.6. The molecule has 33 heavy (non-hydrogen) atoms. The first kappa shape index (κ1) is 26.0. The van der Waals surface area contributed by atoms with Crippen molar-refractivity contribution in [2.24, 2.45) is 17.8 Å². The summed E-state index contributed by atoms with van der Waals surface area (Å²) in [5, 5.41) is 2.83. The highest BCUT2D eigenvalue weighted by Gasteiger charge is 2.51. The lowest BCUT2D eigenvalue weighted by Crippen LogP contribution is -2.58. The molecule has 1 amide bonds. The van der Waals surface area contributed by atoms with Gasteiger partial charge in [0.15, 0.2) is 5.54 Å². The zero-order valence-electron chi connectivity index (χ0n) is 20.7. The number of carbonyl (C=O) groups excluding carboxylic acids is 2. The molecule has 0 unspecified atom stereocenters. The fourth-order valence-electron chi connectivity index (χ4n) is 4.85. The number of hydrogen-bond donors (Lipinski definition) is 1. The van der Waals surface area contributed by atoms with Crippen LogP contribution in [-0.2, 0) is 19.0 Å². The van der Waals surface area contributed by atoms with Crippen LogP contribution in [0, 0.1) is 17.8 Å². The predicted molar refractivity (Wildman–Crippen MR) is 131 cm³/mol. The normalized spacial score (nSPS) is 30.2. The van der Waals surface area contributed by atoms with Gasteiger partial charge in [-0.15, -0.1) is 0 Å². The molecule has 1 heterocycles. The Labute approximate surface area is 206 Å². The summed E-state index contributed by atoms with van der Waals surface area (Å²) >= 11 is 3.45. The molecule has 1 N–H and O–H groups in total. The second-order valence-electron chi connectivity index (χ2n) is 11.0. The molecule has 1 aromatic carbocycles. The predicted octanol–water partition coefficient (Wildman–Crippen LogP) is 6.18. The number of nitrogens with one attached hydrogen (secondary N) is 1. The Bertz CT molecular complexity index is 834. The van der Waals surface area contributed by atoms with Crippen LogP contribution in [0.15, 0.2) is 28.7 Å². The number of carbonyl (C=O) groups is 2. The van der Waals surface area contributed by atoms with Gasteiger partial charge in [-0.05, 0) is 69.1 Å². The summed E-state index contributed by atoms with van der Waals surface area (Å²) in [4.78, 5) is 26.4. The largest absolute Gasteiger partial charge is 0.460 e. The molecule has 2 fully saturated rings. The topological polar surface area (TPSA) is 73.9 Å². The van der Waals surface area contributed by atoms with Gasteiger partial charge in [0.25, 0.3) is 0 Å². The van der Waals surface area contributed by atoms with Crippen molar-refractivity contribution in [1.29, 1.82) is 0 Å². The third-order valence-corrected chi connectivity index (χ3v) is 7.19. The monoisotopic (exact) mass is 523 g/mol. The number of hydrogen-bond acceptors (Lipinski definition) is 5. The molecule has 6 nitrogen and oxygen atoms in total. The molecule has 1 saturated heterocycles. The summed E-state index contributed by atoms with van der Waals surface area (Å²) in [6.45, 7) is 12.0. The van der Waals surface area contributed by atoms with Gasteiger partial charge in [0.05, 0.1) is 12.7 Å². The molecular formula is C26H38BrNO5. The van der Waals surface area contributed by atoms with Gasteiger partial charge in [-0.25, -0.2) is 9.59 Å². The Morgan fingerprint density at radius 3 is 2.45 bits per heavy atom. The molecule has 184 valence electrons. The van der Waals surface area contributed by atoms with Crippen molar-refractivity contribution >= 4 is 28.0 Å². The highest BCUT2D eigenvalue weighted by Crippen LogP contribution is 2.40. The number of halogens is 1. The summed E-state index contributed by atoms with van der Waals surface area (Å²) in [6.07, 6.45) is 2.19. The third-order valence-electron chi connectivity index (χ3n) is 6.66. The number of alkyl carbamates (subject to hydrolysis) is 1. The lowest BCUT2D eigenvalue weighted by atomic mass is 9.75. The molecule has 1 aliphatic heterocycles. The second kappa shape index (κ2) is 10.3. The van der Waals surface area contributed by atoms with Crippen molar-refractivity contribution in [2.75, 3.05) is 6.61 Å². The van der Waals surface area contributed by atoms with E-state index in [1.54, 1.807) is 20.8 Å². The zero-order chi connectivity index (χ0) is 24.4. The fraction of sp³-hybridized carbons (Fsp3) is 0.692. The average Bonchev–Trinajstić information content (AvgIpc) is 3.12. The Morgan fingerprint density at radius 1 is 1.18 bits per heavy atom. The first-order valence-corrected chi connectivity index (χ1v) is 12.8. The van der Waals surface area contributed by atoms with Crippen LogP contribution in [-0.4, -0.2) is 35.9 Å². The maximum absolute atomic E-state index is 13.7. The SMILES string of the molecule is CC(C)[C@@H]1CC[C@H](C)C[C@@H]1OC(=O)[C@]1(NC(=O)OC(C)(C)C)CO[C@H](c2ccc(Br)cc2)C1. The molecule has 0 spiro atoms. The Kier molecular flexibility index (Phi) is 8.15. The van der Waals surface area contributed by atoms with Crippen molar-refractivity contribution in [3.05, 3.63) is 34.3 Å². The molecule has 2 aliphatic rings. The maximum atomic E-state index is 13.7. The van der Waals surface area contributed by atoms with Gasteiger partial charge in [-0.2, -0.15) is 0 Å². The van der Waals surface area contributed by atoms with Gasteiger partial charge in [-0.1, -0.05) is 55.3 Å². The molecule has 0 radical (unpaired) electrons. The van der Waals surface area contributed by atoms with Crippen molar-refractivity contribution in [3.63, 3.8) is 0 Å². The lowest BCUT2D eigenvalue weighted by Gasteiger charge is -2.38. The van der Waals surface area contributed by atoms with Gasteiger partial charge < -0.3 is 19.5 Å². The standard InChI is InChI=1S/C26H38BrNO5/c1-16(2)20-12-7-17(3)13-21(20)32-23(29)26(28-24(30)33-25(4,5)6)14-22(31-15-26)18-8-10-19(27)11-9-18/h8-11,16-17,20-22H,7,12-15H2,1-6H3,(H,28,30)/t17-,20-,21-,22-,26+/m0/s1. The van der Waals surface area contributed by atoms with E-state index in [1.807, 2.05) is 24.3 Å².